The lowest BCUT2D eigenvalue weighted by molar-refractivity contribution is -0.150. The summed E-state index contributed by atoms with van der Waals surface area (Å²) in [5, 5.41) is 2.48. The van der Waals surface area contributed by atoms with E-state index in [9.17, 15) is 9.59 Å². The summed E-state index contributed by atoms with van der Waals surface area (Å²) in [4.78, 5) is 23.8. The van der Waals surface area contributed by atoms with Gasteiger partial charge in [0.1, 0.15) is 0 Å². The molecular weight excluding hydrogens is 226 g/mol. The van der Waals surface area contributed by atoms with Crippen LogP contribution in [0.1, 0.15) is 60.3 Å². The molecule has 1 aliphatic heterocycles. The fraction of sp³-hybridized carbons (Fsp3) is 0.867. The summed E-state index contributed by atoms with van der Waals surface area (Å²) in [5.74, 6) is -0.236. The number of imide groups is 1. The lowest BCUT2D eigenvalue weighted by atomic mass is 9.50. The van der Waals surface area contributed by atoms with Crippen LogP contribution in [0.15, 0.2) is 0 Å². The zero-order valence-corrected chi connectivity index (χ0v) is 12.2. The number of rotatable bonds is 0. The van der Waals surface area contributed by atoms with Crippen LogP contribution in [0.5, 0.6) is 0 Å². The van der Waals surface area contributed by atoms with Gasteiger partial charge in [0.15, 0.2) is 0 Å². The fourth-order valence-electron chi connectivity index (χ4n) is 4.86. The van der Waals surface area contributed by atoms with Gasteiger partial charge in [-0.3, -0.25) is 14.9 Å². The zero-order valence-electron chi connectivity index (χ0n) is 12.2. The van der Waals surface area contributed by atoms with Crippen molar-refractivity contribution in [2.75, 3.05) is 0 Å². The van der Waals surface area contributed by atoms with Gasteiger partial charge >= 0.3 is 0 Å². The van der Waals surface area contributed by atoms with Crippen molar-refractivity contribution in [2.24, 2.45) is 22.2 Å². The van der Waals surface area contributed by atoms with Crippen molar-refractivity contribution in [3.63, 3.8) is 0 Å². The molecule has 1 heterocycles. The van der Waals surface area contributed by atoms with Crippen LogP contribution in [0.25, 0.3) is 0 Å². The molecule has 1 unspecified atom stereocenters. The smallest absolute Gasteiger partial charge is 0.229 e. The topological polar surface area (TPSA) is 46.2 Å². The van der Waals surface area contributed by atoms with Crippen molar-refractivity contribution in [3.05, 3.63) is 0 Å². The molecule has 1 aliphatic carbocycles. The predicted octanol–water partition coefficient (Wildman–Crippen LogP) is 2.89. The molecule has 3 nitrogen and oxygen atoms in total. The van der Waals surface area contributed by atoms with E-state index in [1.807, 2.05) is 6.92 Å². The molecule has 1 saturated heterocycles. The first-order valence-corrected chi connectivity index (χ1v) is 6.89. The standard InChI is InChI=1S/C15H25NO2/c1-10-12(18)16-11(17)6-15(10)8-13(2,3)7-14(4,5)9-15/h10H,6-9H2,1-5H3,(H,16,17,18). The molecule has 0 radical (unpaired) electrons. The van der Waals surface area contributed by atoms with Gasteiger partial charge < -0.3 is 0 Å². The highest BCUT2D eigenvalue weighted by Gasteiger charge is 2.54. The molecule has 102 valence electrons. The van der Waals surface area contributed by atoms with Crippen LogP contribution in [0, 0.1) is 22.2 Å². The van der Waals surface area contributed by atoms with Crippen molar-refractivity contribution in [3.8, 4) is 0 Å². The first-order chi connectivity index (χ1) is 8.05. The molecule has 0 aromatic heterocycles. The summed E-state index contributed by atoms with van der Waals surface area (Å²) in [6, 6.07) is 0. The van der Waals surface area contributed by atoms with Crippen LogP contribution >= 0.6 is 0 Å². The van der Waals surface area contributed by atoms with Gasteiger partial charge in [0.05, 0.1) is 0 Å². The van der Waals surface area contributed by atoms with Gasteiger partial charge in [-0.1, -0.05) is 34.6 Å². The Bertz CT molecular complexity index is 379. The van der Waals surface area contributed by atoms with Crippen molar-refractivity contribution >= 4 is 11.8 Å². The number of piperidine rings is 1. The number of nitrogens with one attached hydrogen (secondary N) is 1. The molecule has 18 heavy (non-hydrogen) atoms. The normalized spacial score (nSPS) is 33.3. The van der Waals surface area contributed by atoms with Crippen molar-refractivity contribution < 1.29 is 9.59 Å². The van der Waals surface area contributed by atoms with Gasteiger partial charge in [0, 0.05) is 12.3 Å². The first-order valence-electron chi connectivity index (χ1n) is 6.89. The highest BCUT2D eigenvalue weighted by Crippen LogP contribution is 2.59. The zero-order chi connectivity index (χ0) is 13.8. The average Bonchev–Trinajstić information content (AvgIpc) is 2.08. The molecule has 0 aromatic carbocycles. The summed E-state index contributed by atoms with van der Waals surface area (Å²) in [6.45, 7) is 11.0. The highest BCUT2D eigenvalue weighted by molar-refractivity contribution is 5.99. The SMILES string of the molecule is CC1C(=O)NC(=O)CC12CC(C)(C)CC(C)(C)C2. The van der Waals surface area contributed by atoms with Gasteiger partial charge in [-0.2, -0.15) is 0 Å². The Balaban J connectivity index is 2.39. The molecule has 1 N–H and O–H groups in total. The number of amides is 2. The van der Waals surface area contributed by atoms with Gasteiger partial charge in [0.2, 0.25) is 11.8 Å². The quantitative estimate of drug-likeness (QED) is 0.673. The second-order valence-corrected chi connectivity index (χ2v) is 8.03. The number of carbonyl (C=O) groups excluding carboxylic acids is 2. The van der Waals surface area contributed by atoms with Crippen molar-refractivity contribution in [2.45, 2.75) is 60.3 Å². The predicted molar refractivity (Wildman–Crippen MR) is 70.8 cm³/mol. The molecule has 1 spiro atoms. The molecule has 2 aliphatic rings. The molecule has 1 saturated carbocycles. The molecule has 2 amide bonds. The van der Waals surface area contributed by atoms with E-state index in [0.29, 0.717) is 6.42 Å². The summed E-state index contributed by atoms with van der Waals surface area (Å²) in [6.07, 6.45) is 3.62. The number of carbonyl (C=O) groups is 2. The highest BCUT2D eigenvalue weighted by atomic mass is 16.2. The van der Waals surface area contributed by atoms with E-state index in [-0.39, 0.29) is 34.0 Å². The lowest BCUT2D eigenvalue weighted by Gasteiger charge is -2.55. The summed E-state index contributed by atoms with van der Waals surface area (Å²) in [7, 11) is 0. The van der Waals surface area contributed by atoms with Crippen LogP contribution in [-0.2, 0) is 9.59 Å². The Kier molecular flexibility index (Phi) is 2.88. The second kappa shape index (κ2) is 3.82. The van der Waals surface area contributed by atoms with Crippen molar-refractivity contribution in [1.82, 2.24) is 5.32 Å². The molecular formula is C15H25NO2. The van der Waals surface area contributed by atoms with E-state index in [2.05, 4.69) is 33.0 Å². The third-order valence-corrected chi connectivity index (χ3v) is 4.71. The number of hydrogen-bond acceptors (Lipinski definition) is 2. The monoisotopic (exact) mass is 251 g/mol. The second-order valence-electron chi connectivity index (χ2n) is 8.03. The molecule has 3 heteroatoms. The van der Waals surface area contributed by atoms with Crippen LogP contribution < -0.4 is 5.32 Å². The fourth-order valence-corrected chi connectivity index (χ4v) is 4.86. The van der Waals surface area contributed by atoms with Crippen LogP contribution in [-0.4, -0.2) is 11.8 Å². The minimum absolute atomic E-state index is 0.0611. The maximum atomic E-state index is 12.0. The maximum absolute atomic E-state index is 12.0. The van der Waals surface area contributed by atoms with Gasteiger partial charge in [-0.15, -0.1) is 0 Å². The first kappa shape index (κ1) is 13.6. The minimum Gasteiger partial charge on any atom is -0.296 e. The summed E-state index contributed by atoms with van der Waals surface area (Å²) in [5.41, 5.74) is 0.270. The Morgan fingerprint density at radius 3 is 2.00 bits per heavy atom. The minimum atomic E-state index is -0.134. The molecule has 2 fully saturated rings. The van der Waals surface area contributed by atoms with Gasteiger partial charge in [0.25, 0.3) is 0 Å². The summed E-state index contributed by atoms with van der Waals surface area (Å²) < 4.78 is 0. The van der Waals surface area contributed by atoms with E-state index >= 15 is 0 Å². The van der Waals surface area contributed by atoms with Gasteiger partial charge in [-0.05, 0) is 35.5 Å². The van der Waals surface area contributed by atoms with Crippen LogP contribution in [0.3, 0.4) is 0 Å². The van der Waals surface area contributed by atoms with Crippen LogP contribution in [0.4, 0.5) is 0 Å². The summed E-state index contributed by atoms with van der Waals surface area (Å²) >= 11 is 0. The van der Waals surface area contributed by atoms with E-state index in [1.54, 1.807) is 0 Å². The number of hydrogen-bond donors (Lipinski definition) is 1. The van der Waals surface area contributed by atoms with E-state index in [4.69, 9.17) is 0 Å². The van der Waals surface area contributed by atoms with E-state index in [0.717, 1.165) is 19.3 Å². The molecule has 0 bridgehead atoms. The van der Waals surface area contributed by atoms with Crippen LogP contribution in [0.2, 0.25) is 0 Å². The molecule has 2 rings (SSSR count). The largest absolute Gasteiger partial charge is 0.296 e. The van der Waals surface area contributed by atoms with Crippen molar-refractivity contribution in [1.29, 1.82) is 0 Å². The Labute approximate surface area is 110 Å². The average molecular weight is 251 g/mol. The Hall–Kier alpha value is -0.860. The third kappa shape index (κ3) is 2.32. The molecule has 0 aromatic rings. The van der Waals surface area contributed by atoms with E-state index < -0.39 is 0 Å². The molecule has 1 atom stereocenters. The maximum Gasteiger partial charge on any atom is 0.229 e. The van der Waals surface area contributed by atoms with E-state index in [1.165, 1.54) is 0 Å². The Morgan fingerprint density at radius 1 is 1.00 bits per heavy atom. The Morgan fingerprint density at radius 2 is 1.50 bits per heavy atom. The lowest BCUT2D eigenvalue weighted by Crippen LogP contribution is -2.56. The third-order valence-electron chi connectivity index (χ3n) is 4.71. The van der Waals surface area contributed by atoms with Gasteiger partial charge in [-0.25, -0.2) is 0 Å².